The molecule has 4 heteroatoms. The predicted molar refractivity (Wildman–Crippen MR) is 80.9 cm³/mol. The van der Waals surface area contributed by atoms with Gasteiger partial charge in [0.15, 0.2) is 8.32 Å². The minimum Gasteiger partial charge on any atom is -0.496 e. The average Bonchev–Trinajstić information content (AvgIpc) is 2.34. The Morgan fingerprint density at radius 1 is 1.21 bits per heavy atom. The van der Waals surface area contributed by atoms with E-state index in [4.69, 9.17) is 9.16 Å². The third-order valence-electron chi connectivity index (χ3n) is 3.93. The maximum absolute atomic E-state index is 9.20. The fraction of sp³-hybridized carbons (Fsp3) is 0.600. The lowest BCUT2D eigenvalue weighted by Gasteiger charge is -2.36. The highest BCUT2D eigenvalue weighted by Crippen LogP contribution is 2.37. The van der Waals surface area contributed by atoms with Gasteiger partial charge in [-0.05, 0) is 29.8 Å². The summed E-state index contributed by atoms with van der Waals surface area (Å²) in [7, 11) is -0.109. The molecule has 0 bridgehead atoms. The van der Waals surface area contributed by atoms with Gasteiger partial charge in [0.05, 0.1) is 20.3 Å². The number of ether oxygens (including phenoxy) is 1. The Bertz CT molecular complexity index is 422. The van der Waals surface area contributed by atoms with E-state index in [0.717, 1.165) is 16.9 Å². The van der Waals surface area contributed by atoms with Crippen molar-refractivity contribution in [3.63, 3.8) is 0 Å². The van der Waals surface area contributed by atoms with Crippen LogP contribution in [0.25, 0.3) is 0 Å². The Kier molecular flexibility index (Phi) is 5.18. The lowest BCUT2D eigenvalue weighted by molar-refractivity contribution is 0.269. The van der Waals surface area contributed by atoms with Crippen molar-refractivity contribution in [2.75, 3.05) is 7.11 Å². The van der Waals surface area contributed by atoms with Gasteiger partial charge in [0.1, 0.15) is 5.75 Å². The van der Waals surface area contributed by atoms with Gasteiger partial charge in [-0.1, -0.05) is 32.9 Å². The number of methoxy groups -OCH3 is 1. The minimum atomic E-state index is -1.73. The van der Waals surface area contributed by atoms with Crippen molar-refractivity contribution in [2.45, 2.75) is 52.1 Å². The quantitative estimate of drug-likeness (QED) is 0.837. The van der Waals surface area contributed by atoms with E-state index in [0.29, 0.717) is 6.61 Å². The SMILES string of the molecule is COc1cc(CO[Si](C)(C)C(C)(C)C)ccc1CO. The second-order valence-electron chi connectivity index (χ2n) is 6.35. The molecule has 0 saturated heterocycles. The number of hydrogen-bond donors (Lipinski definition) is 1. The first-order chi connectivity index (χ1) is 8.71. The van der Waals surface area contributed by atoms with Crippen molar-refractivity contribution >= 4 is 8.32 Å². The van der Waals surface area contributed by atoms with E-state index in [-0.39, 0.29) is 11.6 Å². The fourth-order valence-corrected chi connectivity index (χ4v) is 2.45. The zero-order valence-corrected chi connectivity index (χ0v) is 13.9. The summed E-state index contributed by atoms with van der Waals surface area (Å²) in [5.74, 6) is 0.721. The lowest BCUT2D eigenvalue weighted by Crippen LogP contribution is -2.40. The van der Waals surface area contributed by atoms with Crippen LogP contribution in [0.3, 0.4) is 0 Å². The summed E-state index contributed by atoms with van der Waals surface area (Å²) >= 11 is 0. The monoisotopic (exact) mass is 282 g/mol. The molecule has 0 fully saturated rings. The first kappa shape index (κ1) is 16.2. The van der Waals surface area contributed by atoms with Gasteiger partial charge in [0, 0.05) is 5.56 Å². The van der Waals surface area contributed by atoms with Crippen molar-refractivity contribution in [3.05, 3.63) is 29.3 Å². The highest BCUT2D eigenvalue weighted by atomic mass is 28.4. The van der Waals surface area contributed by atoms with Crippen LogP contribution in [-0.2, 0) is 17.6 Å². The molecule has 0 heterocycles. The second-order valence-corrected chi connectivity index (χ2v) is 11.2. The Morgan fingerprint density at radius 2 is 1.84 bits per heavy atom. The first-order valence-corrected chi connectivity index (χ1v) is 9.52. The molecule has 1 aromatic rings. The van der Waals surface area contributed by atoms with Crippen LogP contribution >= 0.6 is 0 Å². The number of benzene rings is 1. The second kappa shape index (κ2) is 6.07. The number of aliphatic hydroxyl groups is 1. The minimum absolute atomic E-state index is 0.00740. The summed E-state index contributed by atoms with van der Waals surface area (Å²) < 4.78 is 11.4. The van der Waals surface area contributed by atoms with Gasteiger partial charge in [-0.25, -0.2) is 0 Å². The Labute approximate surface area is 117 Å². The van der Waals surface area contributed by atoms with E-state index in [2.05, 4.69) is 33.9 Å². The van der Waals surface area contributed by atoms with Gasteiger partial charge >= 0.3 is 0 Å². The molecule has 0 saturated carbocycles. The van der Waals surface area contributed by atoms with E-state index < -0.39 is 8.32 Å². The lowest BCUT2D eigenvalue weighted by atomic mass is 10.1. The molecule has 0 radical (unpaired) electrons. The average molecular weight is 282 g/mol. The van der Waals surface area contributed by atoms with Gasteiger partial charge < -0.3 is 14.3 Å². The molecule has 0 amide bonds. The number of hydrogen-bond acceptors (Lipinski definition) is 3. The maximum Gasteiger partial charge on any atom is 0.192 e. The predicted octanol–water partition coefficient (Wildman–Crippen LogP) is 3.71. The molecule has 1 aromatic carbocycles. The fourth-order valence-electron chi connectivity index (χ4n) is 1.49. The normalized spacial score (nSPS) is 12.6. The van der Waals surface area contributed by atoms with E-state index in [1.165, 1.54) is 0 Å². The molecule has 108 valence electrons. The van der Waals surface area contributed by atoms with E-state index >= 15 is 0 Å². The highest BCUT2D eigenvalue weighted by Gasteiger charge is 2.37. The molecular formula is C15H26O3Si. The Morgan fingerprint density at radius 3 is 2.32 bits per heavy atom. The van der Waals surface area contributed by atoms with E-state index in [1.807, 2.05) is 18.2 Å². The van der Waals surface area contributed by atoms with Gasteiger partial charge in [0.25, 0.3) is 0 Å². The van der Waals surface area contributed by atoms with Gasteiger partial charge in [-0.2, -0.15) is 0 Å². The van der Waals surface area contributed by atoms with Gasteiger partial charge in [-0.3, -0.25) is 0 Å². The topological polar surface area (TPSA) is 38.7 Å². The van der Waals surface area contributed by atoms with Crippen LogP contribution in [0, 0.1) is 0 Å². The molecule has 0 aliphatic heterocycles. The van der Waals surface area contributed by atoms with Crippen LogP contribution in [0.1, 0.15) is 31.9 Å². The van der Waals surface area contributed by atoms with Crippen LogP contribution in [-0.4, -0.2) is 20.5 Å². The van der Waals surface area contributed by atoms with Crippen LogP contribution in [0.5, 0.6) is 5.75 Å². The summed E-state index contributed by atoms with van der Waals surface area (Å²) in [4.78, 5) is 0. The van der Waals surface area contributed by atoms with Crippen LogP contribution in [0.15, 0.2) is 18.2 Å². The standard InChI is InChI=1S/C15H26O3Si/c1-15(2,3)19(5,6)18-11-12-7-8-13(10-16)14(9-12)17-4/h7-9,16H,10-11H2,1-6H3. The first-order valence-electron chi connectivity index (χ1n) is 6.62. The molecule has 0 spiro atoms. The van der Waals surface area contributed by atoms with Crippen molar-refractivity contribution in [3.8, 4) is 5.75 Å². The van der Waals surface area contributed by atoms with Crippen molar-refractivity contribution in [1.82, 2.24) is 0 Å². The molecule has 0 aromatic heterocycles. The smallest absolute Gasteiger partial charge is 0.192 e. The summed E-state index contributed by atoms with van der Waals surface area (Å²) in [5.41, 5.74) is 1.89. The number of rotatable bonds is 5. The molecule has 0 aliphatic carbocycles. The summed E-state index contributed by atoms with van der Waals surface area (Å²) in [6, 6.07) is 5.82. The molecule has 3 nitrogen and oxygen atoms in total. The van der Waals surface area contributed by atoms with E-state index in [1.54, 1.807) is 7.11 Å². The summed E-state index contributed by atoms with van der Waals surface area (Å²) in [6.07, 6.45) is 0. The molecular weight excluding hydrogens is 256 g/mol. The van der Waals surface area contributed by atoms with Crippen LogP contribution < -0.4 is 4.74 Å². The maximum atomic E-state index is 9.20. The molecule has 0 aliphatic rings. The van der Waals surface area contributed by atoms with Gasteiger partial charge in [-0.15, -0.1) is 0 Å². The van der Waals surface area contributed by atoms with E-state index in [9.17, 15) is 5.11 Å². The summed E-state index contributed by atoms with van der Waals surface area (Å²) in [6.45, 7) is 11.8. The molecule has 1 N–H and O–H groups in total. The molecule has 1 rings (SSSR count). The number of aliphatic hydroxyl groups excluding tert-OH is 1. The molecule has 19 heavy (non-hydrogen) atoms. The van der Waals surface area contributed by atoms with Crippen molar-refractivity contribution in [1.29, 1.82) is 0 Å². The summed E-state index contributed by atoms with van der Waals surface area (Å²) in [5, 5.41) is 9.41. The molecule has 0 atom stereocenters. The largest absolute Gasteiger partial charge is 0.496 e. The molecule has 0 unspecified atom stereocenters. The zero-order chi connectivity index (χ0) is 14.7. The third kappa shape index (κ3) is 4.06. The Hall–Kier alpha value is -0.843. The van der Waals surface area contributed by atoms with Crippen LogP contribution in [0.4, 0.5) is 0 Å². The van der Waals surface area contributed by atoms with Crippen molar-refractivity contribution < 1.29 is 14.3 Å². The van der Waals surface area contributed by atoms with Crippen LogP contribution in [0.2, 0.25) is 18.1 Å². The van der Waals surface area contributed by atoms with Crippen molar-refractivity contribution in [2.24, 2.45) is 0 Å². The zero-order valence-electron chi connectivity index (χ0n) is 12.9. The highest BCUT2D eigenvalue weighted by molar-refractivity contribution is 6.74. The van der Waals surface area contributed by atoms with Gasteiger partial charge in [0.2, 0.25) is 0 Å². The third-order valence-corrected chi connectivity index (χ3v) is 8.41. The Balaban J connectivity index is 2.79.